The van der Waals surface area contributed by atoms with Gasteiger partial charge in [0.2, 0.25) is 0 Å². The van der Waals surface area contributed by atoms with E-state index in [1.807, 2.05) is 13.3 Å². The van der Waals surface area contributed by atoms with Crippen LogP contribution >= 0.6 is 0 Å². The van der Waals surface area contributed by atoms with Crippen molar-refractivity contribution in [3.05, 3.63) is 23.7 Å². The van der Waals surface area contributed by atoms with E-state index in [0.29, 0.717) is 0 Å². The minimum Gasteiger partial charge on any atom is -0.468 e. The fourth-order valence-electron chi connectivity index (χ4n) is 3.60. The summed E-state index contributed by atoms with van der Waals surface area (Å²) < 4.78 is 5.56. The van der Waals surface area contributed by atoms with E-state index in [2.05, 4.69) is 21.2 Å². The molecule has 1 aromatic rings. The highest BCUT2D eigenvalue weighted by Gasteiger charge is 2.28. The van der Waals surface area contributed by atoms with Gasteiger partial charge in [0.1, 0.15) is 5.76 Å². The molecule has 2 fully saturated rings. The second-order valence-electron chi connectivity index (χ2n) is 6.17. The summed E-state index contributed by atoms with van der Waals surface area (Å²) in [5.74, 6) is 1.09. The molecule has 0 amide bonds. The summed E-state index contributed by atoms with van der Waals surface area (Å²) in [6.07, 6.45) is 7.36. The maximum atomic E-state index is 5.56. The largest absolute Gasteiger partial charge is 0.468 e. The van der Waals surface area contributed by atoms with Crippen LogP contribution in [-0.4, -0.2) is 49.1 Å². The van der Waals surface area contributed by atoms with Gasteiger partial charge in [-0.25, -0.2) is 0 Å². The van der Waals surface area contributed by atoms with E-state index in [1.54, 1.807) is 0 Å². The van der Waals surface area contributed by atoms with E-state index in [1.165, 1.54) is 57.4 Å². The van der Waals surface area contributed by atoms with Crippen molar-refractivity contribution in [2.45, 2.75) is 44.8 Å². The van der Waals surface area contributed by atoms with Crippen LogP contribution in [0, 0.1) is 0 Å². The SMILES string of the molecule is CNCc1occc1CN1CCC(N2CCCCC2)C1. The van der Waals surface area contributed by atoms with Crippen LogP contribution in [0.5, 0.6) is 0 Å². The van der Waals surface area contributed by atoms with Crippen LogP contribution in [0.15, 0.2) is 16.7 Å². The van der Waals surface area contributed by atoms with Crippen LogP contribution < -0.4 is 5.32 Å². The molecule has 4 nitrogen and oxygen atoms in total. The number of furan rings is 1. The first-order chi connectivity index (χ1) is 9.86. The van der Waals surface area contributed by atoms with Gasteiger partial charge in [0.05, 0.1) is 12.8 Å². The second kappa shape index (κ2) is 6.74. The Hall–Kier alpha value is -0.840. The van der Waals surface area contributed by atoms with Crippen molar-refractivity contribution in [2.75, 3.05) is 33.2 Å². The minimum atomic E-state index is 0.787. The smallest absolute Gasteiger partial charge is 0.122 e. The maximum Gasteiger partial charge on any atom is 0.122 e. The Labute approximate surface area is 122 Å². The number of piperidine rings is 1. The Kier molecular flexibility index (Phi) is 4.76. The summed E-state index contributed by atoms with van der Waals surface area (Å²) in [5, 5.41) is 3.18. The Morgan fingerprint density at radius 1 is 1.25 bits per heavy atom. The molecule has 3 rings (SSSR count). The average molecular weight is 277 g/mol. The number of likely N-dealkylation sites (tertiary alicyclic amines) is 2. The van der Waals surface area contributed by atoms with Gasteiger partial charge in [0.25, 0.3) is 0 Å². The fraction of sp³-hybridized carbons (Fsp3) is 0.750. The van der Waals surface area contributed by atoms with E-state index in [-0.39, 0.29) is 0 Å². The summed E-state index contributed by atoms with van der Waals surface area (Å²) >= 11 is 0. The summed E-state index contributed by atoms with van der Waals surface area (Å²) in [7, 11) is 1.97. The molecule has 1 unspecified atom stereocenters. The topological polar surface area (TPSA) is 31.7 Å². The van der Waals surface area contributed by atoms with Crippen molar-refractivity contribution in [1.29, 1.82) is 0 Å². The Bertz CT molecular complexity index is 412. The van der Waals surface area contributed by atoms with E-state index < -0.39 is 0 Å². The highest BCUT2D eigenvalue weighted by Crippen LogP contribution is 2.22. The van der Waals surface area contributed by atoms with Crippen molar-refractivity contribution in [3.8, 4) is 0 Å². The number of nitrogens with one attached hydrogen (secondary N) is 1. The van der Waals surface area contributed by atoms with Gasteiger partial charge >= 0.3 is 0 Å². The zero-order valence-electron chi connectivity index (χ0n) is 12.6. The molecule has 0 saturated carbocycles. The van der Waals surface area contributed by atoms with E-state index >= 15 is 0 Å². The van der Waals surface area contributed by atoms with Crippen LogP contribution in [0.1, 0.15) is 37.0 Å². The second-order valence-corrected chi connectivity index (χ2v) is 6.17. The predicted molar refractivity (Wildman–Crippen MR) is 80.6 cm³/mol. The number of rotatable bonds is 5. The molecule has 1 N–H and O–H groups in total. The molecular formula is C16H27N3O. The van der Waals surface area contributed by atoms with Gasteiger partial charge in [-0.2, -0.15) is 0 Å². The maximum absolute atomic E-state index is 5.56. The van der Waals surface area contributed by atoms with Crippen molar-refractivity contribution in [2.24, 2.45) is 0 Å². The quantitative estimate of drug-likeness (QED) is 0.893. The van der Waals surface area contributed by atoms with Crippen molar-refractivity contribution in [1.82, 2.24) is 15.1 Å². The summed E-state index contributed by atoms with van der Waals surface area (Å²) in [6, 6.07) is 2.91. The monoisotopic (exact) mass is 277 g/mol. The van der Waals surface area contributed by atoms with Gasteiger partial charge in [-0.1, -0.05) is 6.42 Å². The average Bonchev–Trinajstić information content (AvgIpc) is 3.11. The third-order valence-electron chi connectivity index (χ3n) is 4.72. The third kappa shape index (κ3) is 3.25. The van der Waals surface area contributed by atoms with Crippen LogP contribution in [-0.2, 0) is 13.1 Å². The zero-order valence-corrected chi connectivity index (χ0v) is 12.6. The molecule has 112 valence electrons. The normalized spacial score (nSPS) is 25.4. The first-order valence-electron chi connectivity index (χ1n) is 8.03. The lowest BCUT2D eigenvalue weighted by Gasteiger charge is -2.32. The van der Waals surface area contributed by atoms with E-state index in [4.69, 9.17) is 4.42 Å². The molecular weight excluding hydrogens is 250 g/mol. The molecule has 4 heteroatoms. The lowest BCUT2D eigenvalue weighted by atomic mass is 10.1. The Morgan fingerprint density at radius 3 is 2.90 bits per heavy atom. The van der Waals surface area contributed by atoms with Gasteiger partial charge in [-0.15, -0.1) is 0 Å². The first-order valence-corrected chi connectivity index (χ1v) is 8.03. The summed E-state index contributed by atoms with van der Waals surface area (Å²) in [4.78, 5) is 5.30. The summed E-state index contributed by atoms with van der Waals surface area (Å²) in [6.45, 7) is 6.95. The van der Waals surface area contributed by atoms with Gasteiger partial charge in [-0.3, -0.25) is 9.80 Å². The molecule has 0 aromatic carbocycles. The Balaban J connectivity index is 1.53. The zero-order chi connectivity index (χ0) is 13.8. The molecule has 1 atom stereocenters. The molecule has 0 aliphatic carbocycles. The summed E-state index contributed by atoms with van der Waals surface area (Å²) in [5.41, 5.74) is 1.35. The molecule has 0 radical (unpaired) electrons. The van der Waals surface area contributed by atoms with Gasteiger partial charge < -0.3 is 9.73 Å². The molecule has 2 aliphatic heterocycles. The number of nitrogens with zero attached hydrogens (tertiary/aromatic N) is 2. The molecule has 0 bridgehead atoms. The van der Waals surface area contributed by atoms with Crippen molar-refractivity contribution < 1.29 is 4.42 Å². The van der Waals surface area contributed by atoms with Crippen LogP contribution in [0.2, 0.25) is 0 Å². The molecule has 1 aromatic heterocycles. The minimum absolute atomic E-state index is 0.787. The van der Waals surface area contributed by atoms with E-state index in [9.17, 15) is 0 Å². The van der Waals surface area contributed by atoms with Gasteiger partial charge in [0.15, 0.2) is 0 Å². The highest BCUT2D eigenvalue weighted by atomic mass is 16.3. The number of hydrogen-bond acceptors (Lipinski definition) is 4. The predicted octanol–water partition coefficient (Wildman–Crippen LogP) is 2.06. The standard InChI is InChI=1S/C16H27N3O/c1-17-11-16-14(6-10-20-16)12-18-9-5-15(13-18)19-7-3-2-4-8-19/h6,10,15,17H,2-5,7-9,11-13H2,1H3. The lowest BCUT2D eigenvalue weighted by molar-refractivity contribution is 0.161. The molecule has 0 spiro atoms. The van der Waals surface area contributed by atoms with Gasteiger partial charge in [0, 0.05) is 31.2 Å². The van der Waals surface area contributed by atoms with Crippen LogP contribution in [0.4, 0.5) is 0 Å². The first kappa shape index (κ1) is 14.1. The molecule has 2 saturated heterocycles. The highest BCUT2D eigenvalue weighted by molar-refractivity contribution is 5.17. The van der Waals surface area contributed by atoms with Crippen LogP contribution in [0.3, 0.4) is 0 Å². The number of hydrogen-bond donors (Lipinski definition) is 1. The van der Waals surface area contributed by atoms with Gasteiger partial charge in [-0.05, 0) is 45.5 Å². The van der Waals surface area contributed by atoms with E-state index in [0.717, 1.165) is 24.9 Å². The fourth-order valence-corrected chi connectivity index (χ4v) is 3.60. The molecule has 20 heavy (non-hydrogen) atoms. The van der Waals surface area contributed by atoms with Crippen molar-refractivity contribution in [3.63, 3.8) is 0 Å². The van der Waals surface area contributed by atoms with Crippen LogP contribution in [0.25, 0.3) is 0 Å². The Morgan fingerprint density at radius 2 is 2.10 bits per heavy atom. The molecule has 2 aliphatic rings. The van der Waals surface area contributed by atoms with Crippen molar-refractivity contribution >= 4 is 0 Å². The third-order valence-corrected chi connectivity index (χ3v) is 4.72. The molecule has 3 heterocycles. The lowest BCUT2D eigenvalue weighted by Crippen LogP contribution is -2.40.